The van der Waals surface area contributed by atoms with Gasteiger partial charge in [0.05, 0.1) is 0 Å². The van der Waals surface area contributed by atoms with Gasteiger partial charge in [-0.05, 0) is 12.5 Å². The van der Waals surface area contributed by atoms with Crippen molar-refractivity contribution in [3.8, 4) is 0 Å². The predicted octanol–water partition coefficient (Wildman–Crippen LogP) is 1.04. The van der Waals surface area contributed by atoms with Crippen LogP contribution in [0.1, 0.15) is 24.1 Å². The van der Waals surface area contributed by atoms with E-state index in [0.29, 0.717) is 19.5 Å². The highest BCUT2D eigenvalue weighted by Gasteiger charge is 2.32. The Hall–Kier alpha value is -2.83. The Kier molecular flexibility index (Phi) is 3.48. The summed E-state index contributed by atoms with van der Waals surface area (Å²) in [5.41, 5.74) is 3.38. The van der Waals surface area contributed by atoms with Crippen molar-refractivity contribution in [1.82, 2.24) is 20.5 Å². The van der Waals surface area contributed by atoms with Gasteiger partial charge in [0.15, 0.2) is 0 Å². The lowest BCUT2D eigenvalue weighted by Gasteiger charge is -2.30. The maximum atomic E-state index is 12.8. The van der Waals surface area contributed by atoms with Crippen LogP contribution in [0, 0.1) is 0 Å². The first-order valence-electron chi connectivity index (χ1n) is 8.09. The third-order valence-electron chi connectivity index (χ3n) is 4.71. The number of carbonyl (C=O) groups excluding carboxylic acids is 3. The van der Waals surface area contributed by atoms with Crippen molar-refractivity contribution < 1.29 is 14.4 Å². The molecule has 0 aliphatic carbocycles. The average Bonchev–Trinajstić information content (AvgIpc) is 2.86. The van der Waals surface area contributed by atoms with E-state index in [0.717, 1.165) is 22.9 Å². The summed E-state index contributed by atoms with van der Waals surface area (Å²) in [6.07, 6.45) is 1.25. The summed E-state index contributed by atoms with van der Waals surface area (Å²) in [7, 11) is 0. The molecule has 4 rings (SSSR count). The predicted molar refractivity (Wildman–Crippen MR) is 87.1 cm³/mol. The molecule has 1 saturated heterocycles. The fourth-order valence-electron chi connectivity index (χ4n) is 3.49. The largest absolute Gasteiger partial charge is 0.358 e. The van der Waals surface area contributed by atoms with Crippen LogP contribution in [0.5, 0.6) is 0 Å². The fraction of sp³-hybridized carbons (Fsp3) is 0.353. The molecule has 3 heterocycles. The number of carbonyl (C=O) groups is 3. The number of nitrogens with one attached hydrogen (secondary N) is 3. The van der Waals surface area contributed by atoms with Gasteiger partial charge in [-0.3, -0.25) is 14.9 Å². The van der Waals surface area contributed by atoms with Gasteiger partial charge in [0.25, 0.3) is 0 Å². The summed E-state index contributed by atoms with van der Waals surface area (Å²) < 4.78 is 0. The summed E-state index contributed by atoms with van der Waals surface area (Å²) in [6.45, 7) is 1.12. The normalized spacial score (nSPS) is 21.0. The number of amides is 4. The van der Waals surface area contributed by atoms with Crippen LogP contribution in [0.15, 0.2) is 24.3 Å². The summed E-state index contributed by atoms with van der Waals surface area (Å²) in [4.78, 5) is 41.0. The fourth-order valence-corrected chi connectivity index (χ4v) is 3.49. The molecule has 4 amide bonds. The van der Waals surface area contributed by atoms with Crippen molar-refractivity contribution >= 4 is 28.7 Å². The molecule has 24 heavy (non-hydrogen) atoms. The molecule has 1 aromatic heterocycles. The van der Waals surface area contributed by atoms with E-state index in [2.05, 4.69) is 21.7 Å². The number of nitrogens with zero attached hydrogens (tertiary/aromatic N) is 1. The molecular weight excluding hydrogens is 308 g/mol. The van der Waals surface area contributed by atoms with Gasteiger partial charge >= 0.3 is 6.03 Å². The van der Waals surface area contributed by atoms with Crippen molar-refractivity contribution in [2.75, 3.05) is 6.54 Å². The Bertz CT molecular complexity index is 841. The molecule has 1 fully saturated rings. The number of aromatic amines is 1. The first-order chi connectivity index (χ1) is 11.6. The van der Waals surface area contributed by atoms with Gasteiger partial charge in [0.1, 0.15) is 6.04 Å². The second kappa shape index (κ2) is 5.67. The molecule has 124 valence electrons. The van der Waals surface area contributed by atoms with Crippen molar-refractivity contribution in [2.45, 2.75) is 31.8 Å². The van der Waals surface area contributed by atoms with Crippen LogP contribution >= 0.6 is 0 Å². The quantitative estimate of drug-likeness (QED) is 0.731. The molecule has 7 nitrogen and oxygen atoms in total. The van der Waals surface area contributed by atoms with E-state index in [-0.39, 0.29) is 18.2 Å². The van der Waals surface area contributed by atoms with Gasteiger partial charge < -0.3 is 15.2 Å². The zero-order valence-corrected chi connectivity index (χ0v) is 13.1. The summed E-state index contributed by atoms with van der Waals surface area (Å²) in [5, 5.41) is 5.92. The van der Waals surface area contributed by atoms with Crippen molar-refractivity contribution in [2.24, 2.45) is 0 Å². The van der Waals surface area contributed by atoms with Crippen molar-refractivity contribution in [1.29, 1.82) is 0 Å². The Morgan fingerprint density at radius 2 is 2.00 bits per heavy atom. The molecule has 2 aromatic rings. The first-order valence-corrected chi connectivity index (χ1v) is 8.09. The number of benzene rings is 1. The lowest BCUT2D eigenvalue weighted by molar-refractivity contribution is -0.134. The van der Waals surface area contributed by atoms with Crippen LogP contribution in [-0.2, 0) is 22.6 Å². The first kappa shape index (κ1) is 14.7. The number of urea groups is 1. The Morgan fingerprint density at radius 3 is 2.88 bits per heavy atom. The molecule has 1 aromatic carbocycles. The summed E-state index contributed by atoms with van der Waals surface area (Å²) in [6, 6.07) is 6.80. The molecule has 0 spiro atoms. The van der Waals surface area contributed by atoms with E-state index < -0.39 is 12.1 Å². The molecule has 1 atom stereocenters. The third kappa shape index (κ3) is 2.51. The standard InChI is InChI=1S/C17H18N4O3/c22-15-6-5-14(19-17(24)20-15)16(23)21-8-7-13-11(9-21)10-3-1-2-4-12(10)18-13/h1-4,14,18H,5-9H2,(H2,19,20,22,24). The minimum atomic E-state index is -0.650. The minimum absolute atomic E-state index is 0.129. The van der Waals surface area contributed by atoms with Crippen LogP contribution < -0.4 is 10.6 Å². The molecule has 2 aliphatic heterocycles. The highest BCUT2D eigenvalue weighted by molar-refractivity contribution is 5.98. The van der Waals surface area contributed by atoms with Crippen LogP contribution in [0.25, 0.3) is 10.9 Å². The number of fused-ring (bicyclic) bond motifs is 3. The lowest BCUT2D eigenvalue weighted by Crippen LogP contribution is -2.50. The van der Waals surface area contributed by atoms with Gasteiger partial charge in [-0.15, -0.1) is 0 Å². The number of hydrogen-bond donors (Lipinski definition) is 3. The van der Waals surface area contributed by atoms with Gasteiger partial charge in [0.2, 0.25) is 11.8 Å². The van der Waals surface area contributed by atoms with Gasteiger partial charge in [0, 0.05) is 48.1 Å². The zero-order chi connectivity index (χ0) is 16.7. The second-order valence-electron chi connectivity index (χ2n) is 6.25. The maximum absolute atomic E-state index is 12.8. The zero-order valence-electron chi connectivity index (χ0n) is 13.1. The lowest BCUT2D eigenvalue weighted by atomic mass is 10.0. The van der Waals surface area contributed by atoms with Gasteiger partial charge in [-0.1, -0.05) is 18.2 Å². The Balaban J connectivity index is 1.56. The Morgan fingerprint density at radius 1 is 1.17 bits per heavy atom. The topological polar surface area (TPSA) is 94.3 Å². The number of hydrogen-bond acceptors (Lipinski definition) is 3. The van der Waals surface area contributed by atoms with Gasteiger partial charge in [-0.2, -0.15) is 0 Å². The van der Waals surface area contributed by atoms with E-state index in [1.807, 2.05) is 18.2 Å². The summed E-state index contributed by atoms with van der Waals surface area (Å²) >= 11 is 0. The smallest absolute Gasteiger partial charge is 0.322 e. The number of para-hydroxylation sites is 1. The molecule has 0 radical (unpaired) electrons. The van der Waals surface area contributed by atoms with E-state index in [1.165, 1.54) is 5.69 Å². The third-order valence-corrected chi connectivity index (χ3v) is 4.71. The molecule has 2 aliphatic rings. The van der Waals surface area contributed by atoms with E-state index in [9.17, 15) is 14.4 Å². The maximum Gasteiger partial charge on any atom is 0.322 e. The number of H-pyrrole nitrogens is 1. The highest BCUT2D eigenvalue weighted by Crippen LogP contribution is 2.28. The Labute approximate surface area is 138 Å². The molecule has 0 saturated carbocycles. The molecule has 1 unspecified atom stereocenters. The number of imide groups is 1. The van der Waals surface area contributed by atoms with E-state index in [1.54, 1.807) is 4.90 Å². The second-order valence-corrected chi connectivity index (χ2v) is 6.25. The van der Waals surface area contributed by atoms with Crippen molar-refractivity contribution in [3.63, 3.8) is 0 Å². The molecule has 0 bridgehead atoms. The molecular formula is C17H18N4O3. The summed E-state index contributed by atoms with van der Waals surface area (Å²) in [5.74, 6) is -0.476. The minimum Gasteiger partial charge on any atom is -0.358 e. The van der Waals surface area contributed by atoms with E-state index in [4.69, 9.17) is 0 Å². The number of aromatic nitrogens is 1. The van der Waals surface area contributed by atoms with E-state index >= 15 is 0 Å². The van der Waals surface area contributed by atoms with Crippen LogP contribution in [0.2, 0.25) is 0 Å². The van der Waals surface area contributed by atoms with Gasteiger partial charge in [-0.25, -0.2) is 4.79 Å². The van der Waals surface area contributed by atoms with Crippen LogP contribution in [0.4, 0.5) is 4.79 Å². The highest BCUT2D eigenvalue weighted by atomic mass is 16.2. The number of rotatable bonds is 1. The molecule has 3 N–H and O–H groups in total. The average molecular weight is 326 g/mol. The van der Waals surface area contributed by atoms with Crippen LogP contribution in [0.3, 0.4) is 0 Å². The van der Waals surface area contributed by atoms with Crippen molar-refractivity contribution in [3.05, 3.63) is 35.5 Å². The van der Waals surface area contributed by atoms with Crippen LogP contribution in [-0.4, -0.2) is 40.3 Å². The molecule has 7 heteroatoms. The SMILES string of the molecule is O=C1CCC(C(=O)N2CCc3[nH]c4ccccc4c3C2)NC(=O)N1. The monoisotopic (exact) mass is 326 g/mol.